The highest BCUT2D eigenvalue weighted by molar-refractivity contribution is 6.10. The van der Waals surface area contributed by atoms with E-state index in [4.69, 9.17) is 18.9 Å². The van der Waals surface area contributed by atoms with Crippen LogP contribution in [0.2, 0.25) is 0 Å². The molecule has 4 aromatic heterocycles. The van der Waals surface area contributed by atoms with Crippen molar-refractivity contribution in [3.8, 4) is 11.5 Å². The van der Waals surface area contributed by atoms with Crippen LogP contribution in [0.3, 0.4) is 0 Å². The molecule has 2 fully saturated rings. The van der Waals surface area contributed by atoms with Crippen LogP contribution in [0.4, 0.5) is 22.7 Å². The molecule has 2 N–H and O–H groups in total. The summed E-state index contributed by atoms with van der Waals surface area (Å²) in [5.74, 6) is 0.507. The second kappa shape index (κ2) is 17.6. The quantitative estimate of drug-likeness (QED) is 0.226. The third-order valence-corrected chi connectivity index (χ3v) is 12.0. The van der Waals surface area contributed by atoms with Gasteiger partial charge in [-0.2, -0.15) is 10.2 Å². The van der Waals surface area contributed by atoms with E-state index >= 15 is 0 Å². The number of amides is 4. The summed E-state index contributed by atoms with van der Waals surface area (Å²) in [4.78, 5) is 67.9. The van der Waals surface area contributed by atoms with Crippen LogP contribution in [0, 0.1) is 0 Å². The molecule has 0 radical (unpaired) electrons. The van der Waals surface area contributed by atoms with Gasteiger partial charge in [0.1, 0.15) is 22.6 Å². The van der Waals surface area contributed by atoms with Crippen LogP contribution >= 0.6 is 0 Å². The van der Waals surface area contributed by atoms with Crippen LogP contribution in [0.15, 0.2) is 73.6 Å². The lowest BCUT2D eigenvalue weighted by Gasteiger charge is -2.31. The smallest absolute Gasteiger partial charge is 0.266 e. The Morgan fingerprint density at radius 1 is 0.606 bits per heavy atom. The molecule has 20 nitrogen and oxygen atoms in total. The van der Waals surface area contributed by atoms with Crippen LogP contribution in [0.25, 0.3) is 11.3 Å². The number of hydrogen-bond acceptors (Lipinski definition) is 14. The maximum atomic E-state index is 13.2. The molecule has 8 heterocycles. The van der Waals surface area contributed by atoms with Gasteiger partial charge in [-0.1, -0.05) is 0 Å². The van der Waals surface area contributed by atoms with Crippen molar-refractivity contribution in [1.29, 1.82) is 0 Å². The Balaban J connectivity index is 0.000000166. The molecule has 4 aliphatic heterocycles. The first-order valence-electron chi connectivity index (χ1n) is 21.7. The van der Waals surface area contributed by atoms with E-state index in [1.165, 1.54) is 22.2 Å². The fourth-order valence-corrected chi connectivity index (χ4v) is 8.85. The molecule has 66 heavy (non-hydrogen) atoms. The minimum absolute atomic E-state index is 0.102. The number of anilines is 4. The van der Waals surface area contributed by atoms with Gasteiger partial charge in [0.25, 0.3) is 23.6 Å². The summed E-state index contributed by atoms with van der Waals surface area (Å²) in [5, 5.41) is 14.5. The largest absolute Gasteiger partial charge is 0.477 e. The Morgan fingerprint density at radius 3 is 1.38 bits per heavy atom. The number of carbonyl (C=O) groups excluding carboxylic acids is 4. The molecule has 0 bridgehead atoms. The number of benzene rings is 2. The van der Waals surface area contributed by atoms with E-state index in [-0.39, 0.29) is 23.6 Å². The van der Waals surface area contributed by atoms with Gasteiger partial charge in [0, 0.05) is 115 Å². The molecule has 2 saturated heterocycles. The van der Waals surface area contributed by atoms with Crippen molar-refractivity contribution < 1.29 is 38.1 Å². The van der Waals surface area contributed by atoms with Gasteiger partial charge in [-0.15, -0.1) is 0 Å². The van der Waals surface area contributed by atoms with Crippen LogP contribution in [-0.4, -0.2) is 155 Å². The molecule has 0 aliphatic carbocycles. The SMILES string of the molecule is CN(C)C(=O)[C@@]1(C)Cc2cc(NC(=O)c3cnn4cccnc34)c(N3CCOCC3)cc2O1.CN(C)C(=O)[C@]1(C)Cc2cc(NC(=O)c3cnn4cccnc34)c(N3CCOCC3)cc2O1. The van der Waals surface area contributed by atoms with Crippen molar-refractivity contribution in [1.82, 2.24) is 39.0 Å². The maximum Gasteiger partial charge on any atom is 0.266 e. The number of ether oxygens (including phenoxy) is 4. The second-order valence-corrected chi connectivity index (χ2v) is 17.4. The van der Waals surface area contributed by atoms with Crippen LogP contribution < -0.4 is 29.9 Å². The number of morpholine rings is 2. The van der Waals surface area contributed by atoms with Crippen molar-refractivity contribution in [2.45, 2.75) is 37.9 Å². The van der Waals surface area contributed by atoms with Gasteiger partial charge in [-0.05, 0) is 38.1 Å². The van der Waals surface area contributed by atoms with Gasteiger partial charge >= 0.3 is 0 Å². The zero-order valence-electron chi connectivity index (χ0n) is 37.7. The summed E-state index contributed by atoms with van der Waals surface area (Å²) in [6.07, 6.45) is 10.6. The topological polar surface area (TPSA) is 203 Å². The van der Waals surface area contributed by atoms with Crippen molar-refractivity contribution in [2.24, 2.45) is 0 Å². The van der Waals surface area contributed by atoms with Crippen LogP contribution in [0.1, 0.15) is 45.7 Å². The third kappa shape index (κ3) is 8.39. The van der Waals surface area contributed by atoms with E-state index in [2.05, 4.69) is 40.6 Å². The number of hydrogen-bond donors (Lipinski definition) is 2. The van der Waals surface area contributed by atoms with Gasteiger partial charge in [-0.25, -0.2) is 19.0 Å². The molecule has 2 aromatic carbocycles. The molecular weight excluding hydrogens is 849 g/mol. The molecule has 0 unspecified atom stereocenters. The van der Waals surface area contributed by atoms with E-state index < -0.39 is 11.2 Å². The molecule has 0 spiro atoms. The van der Waals surface area contributed by atoms with E-state index in [0.717, 1.165) is 22.5 Å². The Bertz CT molecular complexity index is 2660. The molecule has 6 aromatic rings. The molecule has 10 rings (SSSR count). The Hall–Kier alpha value is -7.32. The Labute approximate surface area is 380 Å². The summed E-state index contributed by atoms with van der Waals surface area (Å²) in [6, 6.07) is 11.2. The normalized spacial score (nSPS) is 19.8. The number of likely N-dealkylation sites (N-methyl/N-ethyl adjacent to an activating group) is 2. The van der Waals surface area contributed by atoms with E-state index in [9.17, 15) is 19.2 Å². The van der Waals surface area contributed by atoms with E-state index in [1.807, 2.05) is 24.3 Å². The fraction of sp³-hybridized carbons (Fsp3) is 0.391. The number of rotatable bonds is 8. The van der Waals surface area contributed by atoms with Crippen molar-refractivity contribution in [3.63, 3.8) is 0 Å². The van der Waals surface area contributed by atoms with Crippen molar-refractivity contribution in [3.05, 3.63) is 95.8 Å². The predicted octanol–water partition coefficient (Wildman–Crippen LogP) is 3.20. The molecule has 0 saturated carbocycles. The minimum atomic E-state index is -0.983. The number of carbonyl (C=O) groups is 4. The van der Waals surface area contributed by atoms with Gasteiger partial charge in [0.2, 0.25) is 0 Å². The lowest BCUT2D eigenvalue weighted by molar-refractivity contribution is -0.143. The molecule has 2 atom stereocenters. The Kier molecular flexibility index (Phi) is 11.7. The van der Waals surface area contributed by atoms with Gasteiger partial charge < -0.3 is 49.2 Å². The minimum Gasteiger partial charge on any atom is -0.477 e. The molecular formula is C46H52N12O8. The zero-order chi connectivity index (χ0) is 46.3. The lowest BCUT2D eigenvalue weighted by atomic mass is 9.97. The standard InChI is InChI=1S/2C23H26N6O4/c2*1-23(22(31)27(2)3)13-15-11-17(18(12-19(15)33-23)28-7-9-32-10-8-28)26-21(30)16-14-25-29-6-4-5-24-20(16)29/h2*4-6,11-12,14H,7-10,13H2,1-3H3,(H,26,30)/t2*23-/m10/s1. The average Bonchev–Trinajstić information content (AvgIpc) is 4.11. The van der Waals surface area contributed by atoms with E-state index in [1.54, 1.807) is 88.0 Å². The number of aromatic nitrogens is 6. The average molecular weight is 901 g/mol. The number of nitrogens with zero attached hydrogens (tertiary/aromatic N) is 10. The van der Waals surface area contributed by atoms with Gasteiger partial charge in [0.15, 0.2) is 22.5 Å². The van der Waals surface area contributed by atoms with Gasteiger partial charge in [-0.3, -0.25) is 19.2 Å². The lowest BCUT2D eigenvalue weighted by Crippen LogP contribution is -2.47. The predicted molar refractivity (Wildman–Crippen MR) is 244 cm³/mol. The summed E-state index contributed by atoms with van der Waals surface area (Å²) in [6.45, 7) is 8.74. The monoisotopic (exact) mass is 900 g/mol. The highest BCUT2D eigenvalue weighted by atomic mass is 16.5. The highest BCUT2D eigenvalue weighted by Crippen LogP contribution is 2.44. The summed E-state index contributed by atoms with van der Waals surface area (Å²) >= 11 is 0. The maximum absolute atomic E-state index is 13.2. The number of fused-ring (bicyclic) bond motifs is 4. The second-order valence-electron chi connectivity index (χ2n) is 17.4. The molecule has 20 heteroatoms. The third-order valence-electron chi connectivity index (χ3n) is 12.0. The first kappa shape index (κ1) is 43.9. The van der Waals surface area contributed by atoms with Crippen molar-refractivity contribution >= 4 is 57.7 Å². The van der Waals surface area contributed by atoms with E-state index in [0.29, 0.717) is 111 Å². The first-order chi connectivity index (χ1) is 31.7. The zero-order valence-corrected chi connectivity index (χ0v) is 37.7. The summed E-state index contributed by atoms with van der Waals surface area (Å²) < 4.78 is 26.4. The number of nitrogens with one attached hydrogen (secondary N) is 2. The van der Waals surface area contributed by atoms with Gasteiger partial charge in [0.05, 0.1) is 61.6 Å². The molecule has 344 valence electrons. The summed E-state index contributed by atoms with van der Waals surface area (Å²) in [7, 11) is 6.87. The van der Waals surface area contributed by atoms with Crippen molar-refractivity contribution in [2.75, 3.05) is 101 Å². The Morgan fingerprint density at radius 2 is 1.00 bits per heavy atom. The molecule has 4 amide bonds. The first-order valence-corrected chi connectivity index (χ1v) is 21.7. The molecule has 4 aliphatic rings. The highest BCUT2D eigenvalue weighted by Gasteiger charge is 2.45. The fourth-order valence-electron chi connectivity index (χ4n) is 8.85. The summed E-state index contributed by atoms with van der Waals surface area (Å²) in [5.41, 5.74) is 4.48. The van der Waals surface area contributed by atoms with Crippen LogP contribution in [-0.2, 0) is 31.9 Å². The van der Waals surface area contributed by atoms with Crippen LogP contribution in [0.5, 0.6) is 11.5 Å².